The topological polar surface area (TPSA) is 44.4 Å². The molecule has 0 unspecified atom stereocenters. The molecule has 1 saturated carbocycles. The van der Waals surface area contributed by atoms with Crippen LogP contribution in [0.3, 0.4) is 0 Å². The minimum Gasteiger partial charge on any atom is -0.352 e. The molecule has 0 spiro atoms. The van der Waals surface area contributed by atoms with Gasteiger partial charge in [0.2, 0.25) is 5.91 Å². The number of likely N-dealkylation sites (tertiary alicyclic amines) is 1. The van der Waals surface area contributed by atoms with Crippen molar-refractivity contribution in [2.45, 2.75) is 58.4 Å². The first-order valence-corrected chi connectivity index (χ1v) is 8.89. The number of rotatable bonds is 6. The molecule has 2 fully saturated rings. The largest absolute Gasteiger partial charge is 0.352 e. The molecule has 0 aromatic carbocycles. The van der Waals surface area contributed by atoms with Crippen molar-refractivity contribution < 1.29 is 4.79 Å². The van der Waals surface area contributed by atoms with Gasteiger partial charge in [-0.1, -0.05) is 13.8 Å². The fourth-order valence-electron chi connectivity index (χ4n) is 3.58. The summed E-state index contributed by atoms with van der Waals surface area (Å²) in [6.07, 6.45) is 7.30. The van der Waals surface area contributed by atoms with E-state index in [1.807, 2.05) is 0 Å². The van der Waals surface area contributed by atoms with Gasteiger partial charge in [-0.25, -0.2) is 0 Å². The Balaban J connectivity index is 0.00000242. The van der Waals surface area contributed by atoms with Crippen LogP contribution in [-0.2, 0) is 4.79 Å². The maximum atomic E-state index is 12.1. The van der Waals surface area contributed by atoms with Crippen LogP contribution in [0.2, 0.25) is 0 Å². The average Bonchev–Trinajstić information content (AvgIpc) is 2.49. The van der Waals surface area contributed by atoms with E-state index in [9.17, 15) is 4.79 Å². The Morgan fingerprint density at radius 2 is 1.73 bits per heavy atom. The third-order valence-corrected chi connectivity index (χ3v) is 5.14. The highest BCUT2D eigenvalue weighted by atomic mass is 35.5. The maximum absolute atomic E-state index is 12.1. The quantitative estimate of drug-likeness (QED) is 0.785. The van der Waals surface area contributed by atoms with Gasteiger partial charge in [0.1, 0.15) is 0 Å². The van der Waals surface area contributed by atoms with Crippen LogP contribution in [0.25, 0.3) is 0 Å². The van der Waals surface area contributed by atoms with Gasteiger partial charge in [0.25, 0.3) is 0 Å². The van der Waals surface area contributed by atoms with E-state index in [1.54, 1.807) is 0 Å². The summed E-state index contributed by atoms with van der Waals surface area (Å²) in [6, 6.07) is 0.431. The molecule has 1 saturated heterocycles. The number of amides is 1. The van der Waals surface area contributed by atoms with Crippen molar-refractivity contribution in [1.29, 1.82) is 0 Å². The van der Waals surface area contributed by atoms with E-state index in [2.05, 4.69) is 29.4 Å². The number of nitrogens with zero attached hydrogens (tertiary/aromatic N) is 1. The van der Waals surface area contributed by atoms with Crippen molar-refractivity contribution in [1.82, 2.24) is 15.5 Å². The van der Waals surface area contributed by atoms with Crippen LogP contribution >= 0.6 is 12.4 Å². The van der Waals surface area contributed by atoms with Gasteiger partial charge in [-0.05, 0) is 76.5 Å². The lowest BCUT2D eigenvalue weighted by Gasteiger charge is -2.32. The van der Waals surface area contributed by atoms with E-state index in [0.717, 1.165) is 50.9 Å². The molecule has 0 bridgehead atoms. The molecule has 0 atom stereocenters. The number of nitrogens with one attached hydrogen (secondary N) is 2. The van der Waals surface area contributed by atoms with Gasteiger partial charge in [-0.15, -0.1) is 12.4 Å². The fraction of sp³-hybridized carbons (Fsp3) is 0.941. The summed E-state index contributed by atoms with van der Waals surface area (Å²) in [5.74, 6) is 1.87. The molecule has 0 aromatic rings. The van der Waals surface area contributed by atoms with Crippen LogP contribution in [0, 0.1) is 11.8 Å². The summed E-state index contributed by atoms with van der Waals surface area (Å²) in [7, 11) is 0. The number of piperidine rings is 1. The second kappa shape index (κ2) is 10.5. The second-order valence-electron chi connectivity index (χ2n) is 7.05. The Hall–Kier alpha value is -0.320. The highest BCUT2D eigenvalue weighted by molar-refractivity contribution is 5.85. The average molecular weight is 332 g/mol. The van der Waals surface area contributed by atoms with Gasteiger partial charge >= 0.3 is 0 Å². The van der Waals surface area contributed by atoms with Gasteiger partial charge in [0.05, 0.1) is 6.54 Å². The van der Waals surface area contributed by atoms with E-state index in [-0.39, 0.29) is 18.3 Å². The third kappa shape index (κ3) is 6.84. The summed E-state index contributed by atoms with van der Waals surface area (Å²) >= 11 is 0. The van der Waals surface area contributed by atoms with Crippen LogP contribution < -0.4 is 10.6 Å². The lowest BCUT2D eigenvalue weighted by Crippen LogP contribution is -2.46. The first-order chi connectivity index (χ1) is 10.2. The Labute approximate surface area is 142 Å². The van der Waals surface area contributed by atoms with E-state index < -0.39 is 0 Å². The fourth-order valence-corrected chi connectivity index (χ4v) is 3.58. The molecule has 0 radical (unpaired) electrons. The Kier molecular flexibility index (Phi) is 9.37. The molecule has 5 heteroatoms. The van der Waals surface area contributed by atoms with Gasteiger partial charge < -0.3 is 10.6 Å². The third-order valence-electron chi connectivity index (χ3n) is 5.14. The van der Waals surface area contributed by atoms with Gasteiger partial charge in [0.15, 0.2) is 0 Å². The number of carbonyl (C=O) groups is 1. The summed E-state index contributed by atoms with van der Waals surface area (Å²) in [6.45, 7) is 9.41. The van der Waals surface area contributed by atoms with E-state index in [4.69, 9.17) is 0 Å². The van der Waals surface area contributed by atoms with Crippen molar-refractivity contribution in [3.05, 3.63) is 0 Å². The zero-order chi connectivity index (χ0) is 15.1. The lowest BCUT2D eigenvalue weighted by molar-refractivity contribution is -0.123. The lowest BCUT2D eigenvalue weighted by atomic mass is 9.87. The highest BCUT2D eigenvalue weighted by Crippen LogP contribution is 2.23. The summed E-state index contributed by atoms with van der Waals surface area (Å²) < 4.78 is 0. The molecule has 2 N–H and O–H groups in total. The van der Waals surface area contributed by atoms with Gasteiger partial charge in [0, 0.05) is 6.04 Å². The van der Waals surface area contributed by atoms with Crippen molar-refractivity contribution in [2.75, 3.05) is 32.7 Å². The molecule has 130 valence electrons. The van der Waals surface area contributed by atoms with Crippen LogP contribution in [0.4, 0.5) is 0 Å². The van der Waals surface area contributed by atoms with Crippen LogP contribution in [0.5, 0.6) is 0 Å². The Morgan fingerprint density at radius 3 is 2.32 bits per heavy atom. The Bertz CT molecular complexity index is 311. The van der Waals surface area contributed by atoms with Gasteiger partial charge in [-0.2, -0.15) is 0 Å². The molecule has 1 amide bonds. The minimum atomic E-state index is 0. The smallest absolute Gasteiger partial charge is 0.234 e. The molecule has 0 aromatic heterocycles. The van der Waals surface area contributed by atoms with Crippen molar-refractivity contribution in [2.24, 2.45) is 11.8 Å². The van der Waals surface area contributed by atoms with Crippen LogP contribution in [0.15, 0.2) is 0 Å². The molecule has 22 heavy (non-hydrogen) atoms. The maximum Gasteiger partial charge on any atom is 0.234 e. The predicted octanol–water partition coefficient (Wildman–Crippen LogP) is 2.42. The first-order valence-electron chi connectivity index (χ1n) is 8.89. The molecule has 4 nitrogen and oxygen atoms in total. The van der Waals surface area contributed by atoms with Crippen molar-refractivity contribution in [3.63, 3.8) is 0 Å². The number of carbonyl (C=O) groups excluding carboxylic acids is 1. The molecule has 1 aliphatic heterocycles. The summed E-state index contributed by atoms with van der Waals surface area (Å²) in [5, 5.41) is 6.67. The highest BCUT2D eigenvalue weighted by Gasteiger charge is 2.23. The molecule has 2 aliphatic rings. The van der Waals surface area contributed by atoms with Crippen LogP contribution in [0.1, 0.15) is 52.4 Å². The number of hydrogen-bond acceptors (Lipinski definition) is 3. The molecule has 1 aliphatic carbocycles. The molecular formula is C17H34ClN3O. The second-order valence-corrected chi connectivity index (χ2v) is 7.05. The number of hydrogen-bond donors (Lipinski definition) is 2. The zero-order valence-electron chi connectivity index (χ0n) is 14.3. The summed E-state index contributed by atoms with van der Waals surface area (Å²) in [5.41, 5.74) is 0. The monoisotopic (exact) mass is 331 g/mol. The zero-order valence-corrected chi connectivity index (χ0v) is 15.1. The van der Waals surface area contributed by atoms with E-state index in [0.29, 0.717) is 12.6 Å². The first kappa shape index (κ1) is 19.7. The normalized spacial score (nSPS) is 27.2. The van der Waals surface area contributed by atoms with Crippen LogP contribution in [-0.4, -0.2) is 49.6 Å². The molecule has 1 heterocycles. The Morgan fingerprint density at radius 1 is 1.09 bits per heavy atom. The minimum absolute atomic E-state index is 0. The predicted molar refractivity (Wildman–Crippen MR) is 94.5 cm³/mol. The van der Waals surface area contributed by atoms with Gasteiger partial charge in [-0.3, -0.25) is 9.69 Å². The standard InChI is InChI=1S/C17H33N3O.ClH/c1-3-18-12-15-8-10-20(11-9-15)13-17(21)19-16-6-4-14(2)5-7-16;/h14-16,18H,3-13H2,1-2H3,(H,19,21);1H. The molecular weight excluding hydrogens is 298 g/mol. The summed E-state index contributed by atoms with van der Waals surface area (Å²) in [4.78, 5) is 14.5. The van der Waals surface area contributed by atoms with E-state index >= 15 is 0 Å². The van der Waals surface area contributed by atoms with Crippen molar-refractivity contribution >= 4 is 18.3 Å². The number of halogens is 1. The molecule has 2 rings (SSSR count). The SMILES string of the molecule is CCNCC1CCN(CC(=O)NC2CCC(C)CC2)CC1.Cl. The van der Waals surface area contributed by atoms with E-state index in [1.165, 1.54) is 25.7 Å². The van der Waals surface area contributed by atoms with Crippen molar-refractivity contribution in [3.8, 4) is 0 Å².